The Kier molecular flexibility index (Phi) is 7.90. The highest BCUT2D eigenvalue weighted by atomic mass is 35.5. The van der Waals surface area contributed by atoms with Gasteiger partial charge in [0.25, 0.3) is 0 Å². The highest BCUT2D eigenvalue weighted by Gasteiger charge is 2.43. The van der Waals surface area contributed by atoms with Crippen LogP contribution in [0.5, 0.6) is 0 Å². The van der Waals surface area contributed by atoms with Gasteiger partial charge < -0.3 is 0 Å². The van der Waals surface area contributed by atoms with E-state index in [-0.39, 0.29) is 0 Å². The summed E-state index contributed by atoms with van der Waals surface area (Å²) in [7, 11) is -2.47. The second kappa shape index (κ2) is 10.6. The predicted molar refractivity (Wildman–Crippen MR) is 136 cm³/mol. The summed E-state index contributed by atoms with van der Waals surface area (Å²) in [6.07, 6.45) is 4.41. The third kappa shape index (κ3) is 4.69. The smallest absolute Gasteiger partial charge is 0.122 e. The Morgan fingerprint density at radius 2 is 1.10 bits per heavy atom. The molecular formula is C28H31ClSi. The molecule has 0 aliphatic rings. The van der Waals surface area contributed by atoms with E-state index in [0.717, 1.165) is 12.8 Å². The average molecular weight is 431 g/mol. The molecular weight excluding hydrogens is 400 g/mol. The van der Waals surface area contributed by atoms with Crippen molar-refractivity contribution in [3.63, 3.8) is 0 Å². The molecule has 0 saturated heterocycles. The van der Waals surface area contributed by atoms with Crippen LogP contribution in [0.3, 0.4) is 0 Å². The lowest BCUT2D eigenvalue weighted by Crippen LogP contribution is -2.69. The van der Waals surface area contributed by atoms with Crippen LogP contribution in [-0.2, 0) is 0 Å². The minimum absolute atomic E-state index is 0.547. The molecule has 0 unspecified atom stereocenters. The maximum absolute atomic E-state index is 6.80. The molecule has 0 aromatic heterocycles. The lowest BCUT2D eigenvalue weighted by atomic mass is 10.1. The minimum Gasteiger partial charge on any atom is -0.122 e. The molecule has 0 bridgehead atoms. The molecule has 0 fully saturated rings. The number of alkyl halides is 1. The van der Waals surface area contributed by atoms with Crippen LogP contribution in [0.4, 0.5) is 0 Å². The van der Waals surface area contributed by atoms with Gasteiger partial charge in [-0.15, -0.1) is 11.6 Å². The molecule has 3 aromatic rings. The molecule has 0 amide bonds. The van der Waals surface area contributed by atoms with Crippen LogP contribution >= 0.6 is 11.6 Å². The Bertz CT molecular complexity index is 888. The van der Waals surface area contributed by atoms with Gasteiger partial charge in [-0.3, -0.25) is 0 Å². The first kappa shape index (κ1) is 22.3. The second-order valence-corrected chi connectivity index (χ2v) is 12.2. The SMILES string of the molecule is CC(C)=CCC/C(C)=C(\CCl)[Si](c1ccccc1)(c1ccccc1)c1ccccc1. The van der Waals surface area contributed by atoms with Crippen molar-refractivity contribution >= 4 is 35.2 Å². The van der Waals surface area contributed by atoms with E-state index in [4.69, 9.17) is 11.6 Å². The number of allylic oxidation sites excluding steroid dienone is 4. The summed E-state index contributed by atoms with van der Waals surface area (Å²) >= 11 is 6.80. The second-order valence-electron chi connectivity index (χ2n) is 8.06. The number of rotatable bonds is 8. The Morgan fingerprint density at radius 3 is 1.43 bits per heavy atom. The van der Waals surface area contributed by atoms with Crippen LogP contribution in [0.1, 0.15) is 33.6 Å². The van der Waals surface area contributed by atoms with E-state index < -0.39 is 8.07 Å². The summed E-state index contributed by atoms with van der Waals surface area (Å²) in [6, 6.07) is 33.0. The number of hydrogen-bond acceptors (Lipinski definition) is 0. The largest absolute Gasteiger partial charge is 0.176 e. The van der Waals surface area contributed by atoms with Crippen LogP contribution in [0, 0.1) is 0 Å². The first-order valence-corrected chi connectivity index (χ1v) is 13.2. The molecule has 2 heteroatoms. The van der Waals surface area contributed by atoms with Crippen LogP contribution in [0.25, 0.3) is 0 Å². The molecule has 3 rings (SSSR count). The highest BCUT2D eigenvalue weighted by molar-refractivity contribution is 7.16. The summed E-state index contributed by atoms with van der Waals surface area (Å²) < 4.78 is 0. The fourth-order valence-corrected chi connectivity index (χ4v) is 10.3. The Morgan fingerprint density at radius 1 is 0.700 bits per heavy atom. The van der Waals surface area contributed by atoms with E-state index in [2.05, 4.69) is 118 Å². The Hall–Kier alpha value is -2.35. The molecule has 0 atom stereocenters. The summed E-state index contributed by atoms with van der Waals surface area (Å²) in [5.41, 5.74) is 2.79. The zero-order valence-corrected chi connectivity index (χ0v) is 20.0. The van der Waals surface area contributed by atoms with Gasteiger partial charge in [-0.2, -0.15) is 0 Å². The quantitative estimate of drug-likeness (QED) is 0.178. The topological polar surface area (TPSA) is 0 Å². The van der Waals surface area contributed by atoms with Gasteiger partial charge in [0.1, 0.15) is 0 Å². The fraction of sp³-hybridized carbons (Fsp3) is 0.214. The van der Waals surface area contributed by atoms with Crippen molar-refractivity contribution in [2.45, 2.75) is 33.6 Å². The maximum Gasteiger partial charge on any atom is 0.176 e. The highest BCUT2D eigenvalue weighted by Crippen LogP contribution is 2.24. The van der Waals surface area contributed by atoms with Crippen LogP contribution < -0.4 is 15.6 Å². The van der Waals surface area contributed by atoms with Crippen molar-refractivity contribution in [2.75, 3.05) is 5.88 Å². The molecule has 0 N–H and O–H groups in total. The molecule has 0 aliphatic heterocycles. The van der Waals surface area contributed by atoms with E-state index in [9.17, 15) is 0 Å². The summed E-state index contributed by atoms with van der Waals surface area (Å²) in [5.74, 6) is 0.547. The van der Waals surface area contributed by atoms with E-state index in [1.54, 1.807) is 0 Å². The third-order valence-corrected chi connectivity index (χ3v) is 11.4. The number of hydrogen-bond donors (Lipinski definition) is 0. The molecule has 0 saturated carbocycles. The zero-order chi connectivity index (χ0) is 21.4. The van der Waals surface area contributed by atoms with Crippen LogP contribution in [-0.4, -0.2) is 14.0 Å². The monoisotopic (exact) mass is 430 g/mol. The summed E-state index contributed by atoms with van der Waals surface area (Å²) in [5, 5.41) is 5.58. The van der Waals surface area contributed by atoms with E-state index in [1.807, 2.05) is 0 Å². The van der Waals surface area contributed by atoms with Gasteiger partial charge in [0, 0.05) is 5.88 Å². The number of halogens is 1. The van der Waals surface area contributed by atoms with E-state index in [0.29, 0.717) is 5.88 Å². The van der Waals surface area contributed by atoms with E-state index in [1.165, 1.54) is 31.9 Å². The molecule has 0 nitrogen and oxygen atoms in total. The van der Waals surface area contributed by atoms with Crippen molar-refractivity contribution in [1.29, 1.82) is 0 Å². The normalized spacial score (nSPS) is 12.3. The molecule has 30 heavy (non-hydrogen) atoms. The molecule has 0 radical (unpaired) electrons. The maximum atomic E-state index is 6.80. The lowest BCUT2D eigenvalue weighted by molar-refractivity contribution is 0.958. The average Bonchev–Trinajstić information content (AvgIpc) is 2.79. The first-order valence-electron chi connectivity index (χ1n) is 10.7. The summed E-state index contributed by atoms with van der Waals surface area (Å²) in [6.45, 7) is 6.62. The molecule has 0 spiro atoms. The minimum atomic E-state index is -2.47. The summed E-state index contributed by atoms with van der Waals surface area (Å²) in [4.78, 5) is 0. The van der Waals surface area contributed by atoms with Gasteiger partial charge in [0.2, 0.25) is 0 Å². The third-order valence-electron chi connectivity index (χ3n) is 5.79. The lowest BCUT2D eigenvalue weighted by Gasteiger charge is -2.37. The number of benzene rings is 3. The van der Waals surface area contributed by atoms with Crippen molar-refractivity contribution in [3.05, 3.63) is 113 Å². The van der Waals surface area contributed by atoms with Gasteiger partial charge in [0.05, 0.1) is 0 Å². The molecule has 3 aromatic carbocycles. The van der Waals surface area contributed by atoms with E-state index >= 15 is 0 Å². The predicted octanol–water partition coefficient (Wildman–Crippen LogP) is 6.00. The van der Waals surface area contributed by atoms with Crippen LogP contribution in [0.15, 0.2) is 113 Å². The van der Waals surface area contributed by atoms with Gasteiger partial charge in [-0.25, -0.2) is 0 Å². The first-order chi connectivity index (χ1) is 14.6. The molecule has 0 heterocycles. The van der Waals surface area contributed by atoms with Gasteiger partial charge >= 0.3 is 0 Å². The fourth-order valence-electron chi connectivity index (χ4n) is 4.35. The molecule has 154 valence electrons. The zero-order valence-electron chi connectivity index (χ0n) is 18.2. The van der Waals surface area contributed by atoms with Crippen molar-refractivity contribution in [2.24, 2.45) is 0 Å². The van der Waals surface area contributed by atoms with Gasteiger partial charge in [-0.05, 0) is 49.2 Å². The standard InChI is InChI=1S/C28H31ClSi/c1-23(2)14-13-15-24(3)28(22-29)30(25-16-7-4-8-17-25,26-18-9-5-10-19-26)27-20-11-6-12-21-27/h4-12,14,16-21H,13,15,22H2,1-3H3/b28-24+. The van der Waals surface area contributed by atoms with Gasteiger partial charge in [-0.1, -0.05) is 113 Å². The molecule has 0 aliphatic carbocycles. The van der Waals surface area contributed by atoms with Crippen LogP contribution in [0.2, 0.25) is 0 Å². The van der Waals surface area contributed by atoms with Crippen molar-refractivity contribution in [3.8, 4) is 0 Å². The van der Waals surface area contributed by atoms with Gasteiger partial charge in [0.15, 0.2) is 8.07 Å². The van der Waals surface area contributed by atoms with Crippen molar-refractivity contribution < 1.29 is 0 Å². The van der Waals surface area contributed by atoms with Crippen molar-refractivity contribution in [1.82, 2.24) is 0 Å². The Labute approximate surface area is 188 Å². The Balaban J connectivity index is 2.34.